The lowest BCUT2D eigenvalue weighted by Crippen LogP contribution is -2.20. The molecule has 98 valence electrons. The third kappa shape index (κ3) is 4.97. The Hall–Kier alpha value is -0.720. The van der Waals surface area contributed by atoms with Gasteiger partial charge in [0.2, 0.25) is 0 Å². The molecular formula is C14H24FNS. The number of nitrogens with zero attached hydrogens (tertiary/aromatic N) is 1. The van der Waals surface area contributed by atoms with Gasteiger partial charge in [0.15, 0.2) is 0 Å². The Kier molecular flexibility index (Phi) is 8.03. The van der Waals surface area contributed by atoms with Crippen LogP contribution in [0.15, 0.2) is 23.1 Å². The van der Waals surface area contributed by atoms with Gasteiger partial charge in [0, 0.05) is 10.7 Å². The third-order valence-corrected chi connectivity index (χ3v) is 5.79. The lowest BCUT2D eigenvalue weighted by molar-refractivity contribution is 0.623. The summed E-state index contributed by atoms with van der Waals surface area (Å²) in [5.41, 5.74) is 0. The molecule has 0 N–H and O–H groups in total. The van der Waals surface area contributed by atoms with E-state index >= 15 is 3.89 Å². The minimum absolute atomic E-state index is 0.611. The van der Waals surface area contributed by atoms with Crippen molar-refractivity contribution in [3.8, 4) is 12.3 Å². The highest BCUT2D eigenvalue weighted by molar-refractivity contribution is 8.30. The summed E-state index contributed by atoms with van der Waals surface area (Å²) >= 11 is 0. The molecule has 0 aromatic heterocycles. The Morgan fingerprint density at radius 3 is 2.47 bits per heavy atom. The fourth-order valence-corrected chi connectivity index (χ4v) is 4.04. The lowest BCUT2D eigenvalue weighted by atomic mass is 10.4. The largest absolute Gasteiger partial charge is 0.246 e. The fraction of sp³-hybridized carbons (Fsp3) is 0.571. The number of rotatable bonds is 7. The molecule has 0 spiro atoms. The SMILES string of the molecule is C#C/C=C\C=C(/CC)S(F)(CCCC)N(C)C. The fourth-order valence-electron chi connectivity index (χ4n) is 1.54. The Balaban J connectivity index is 5.05. The van der Waals surface area contributed by atoms with Crippen LogP contribution in [0.2, 0.25) is 0 Å². The number of hydrogen-bond donors (Lipinski definition) is 0. The summed E-state index contributed by atoms with van der Waals surface area (Å²) in [6.45, 7) is 4.08. The second-order valence-corrected chi connectivity index (χ2v) is 6.91. The molecule has 0 radical (unpaired) electrons. The molecule has 0 rings (SSSR count). The lowest BCUT2D eigenvalue weighted by Gasteiger charge is -2.39. The van der Waals surface area contributed by atoms with E-state index in [1.807, 2.05) is 27.1 Å². The summed E-state index contributed by atoms with van der Waals surface area (Å²) in [7, 11) is 1.32. The Bertz CT molecular complexity index is 315. The van der Waals surface area contributed by atoms with Crippen LogP contribution in [0.4, 0.5) is 3.89 Å². The summed E-state index contributed by atoms with van der Waals surface area (Å²) in [6.07, 6.45) is 13.0. The summed E-state index contributed by atoms with van der Waals surface area (Å²) in [5.74, 6) is 3.03. The first-order valence-electron chi connectivity index (χ1n) is 6.02. The summed E-state index contributed by atoms with van der Waals surface area (Å²) in [4.78, 5) is 0.863. The highest BCUT2D eigenvalue weighted by Crippen LogP contribution is 2.60. The Labute approximate surface area is 108 Å². The van der Waals surface area contributed by atoms with Crippen molar-refractivity contribution in [2.75, 3.05) is 19.8 Å². The van der Waals surface area contributed by atoms with Crippen molar-refractivity contribution in [2.45, 2.75) is 33.1 Å². The van der Waals surface area contributed by atoms with Crippen molar-refractivity contribution >= 4 is 10.6 Å². The number of allylic oxidation sites excluding steroid dienone is 4. The smallest absolute Gasteiger partial charge is 0.0204 e. The zero-order valence-electron chi connectivity index (χ0n) is 11.4. The van der Waals surface area contributed by atoms with Crippen molar-refractivity contribution in [3.05, 3.63) is 23.1 Å². The maximum absolute atomic E-state index is 15.0. The molecule has 1 unspecified atom stereocenters. The number of halogens is 1. The van der Waals surface area contributed by atoms with Gasteiger partial charge in [0.25, 0.3) is 0 Å². The van der Waals surface area contributed by atoms with E-state index in [4.69, 9.17) is 6.42 Å². The van der Waals surface area contributed by atoms with Crippen molar-refractivity contribution in [1.29, 1.82) is 0 Å². The second kappa shape index (κ2) is 8.38. The molecule has 0 heterocycles. The molecular weight excluding hydrogens is 233 g/mol. The van der Waals surface area contributed by atoms with E-state index < -0.39 is 10.6 Å². The summed E-state index contributed by atoms with van der Waals surface area (Å²) < 4.78 is 16.8. The quantitative estimate of drug-likeness (QED) is 0.481. The molecule has 1 atom stereocenters. The van der Waals surface area contributed by atoms with E-state index in [2.05, 4.69) is 12.8 Å². The highest BCUT2D eigenvalue weighted by atomic mass is 32.3. The van der Waals surface area contributed by atoms with Gasteiger partial charge in [-0.2, -0.15) is 3.89 Å². The average Bonchev–Trinajstić information content (AvgIpc) is 2.31. The molecule has 1 nitrogen and oxygen atoms in total. The zero-order valence-corrected chi connectivity index (χ0v) is 12.2. The van der Waals surface area contributed by atoms with Gasteiger partial charge in [0.05, 0.1) is 0 Å². The summed E-state index contributed by atoms with van der Waals surface area (Å²) in [6, 6.07) is 0. The summed E-state index contributed by atoms with van der Waals surface area (Å²) in [5, 5.41) is 0. The Morgan fingerprint density at radius 1 is 1.41 bits per heavy atom. The molecule has 0 bridgehead atoms. The van der Waals surface area contributed by atoms with Crippen LogP contribution in [-0.4, -0.2) is 24.2 Å². The zero-order chi connectivity index (χ0) is 13.3. The van der Waals surface area contributed by atoms with Gasteiger partial charge in [-0.15, -0.1) is 6.42 Å². The van der Waals surface area contributed by atoms with Crippen LogP contribution < -0.4 is 0 Å². The van der Waals surface area contributed by atoms with Crippen molar-refractivity contribution in [3.63, 3.8) is 0 Å². The second-order valence-electron chi connectivity index (χ2n) is 4.00. The van der Waals surface area contributed by atoms with Gasteiger partial charge in [-0.1, -0.05) is 38.3 Å². The van der Waals surface area contributed by atoms with Gasteiger partial charge in [0.1, 0.15) is 0 Å². The Morgan fingerprint density at radius 2 is 2.06 bits per heavy atom. The third-order valence-electron chi connectivity index (χ3n) is 2.57. The average molecular weight is 257 g/mol. The normalized spacial score (nSPS) is 18.1. The van der Waals surface area contributed by atoms with E-state index in [0.29, 0.717) is 5.75 Å². The van der Waals surface area contributed by atoms with Crippen LogP contribution in [0.3, 0.4) is 0 Å². The van der Waals surface area contributed by atoms with Crippen LogP contribution in [-0.2, 0) is 0 Å². The number of hydrogen-bond acceptors (Lipinski definition) is 1. The van der Waals surface area contributed by atoms with Crippen LogP contribution >= 0.6 is 10.6 Å². The maximum Gasteiger partial charge on any atom is 0.0204 e. The van der Waals surface area contributed by atoms with Gasteiger partial charge in [-0.05, 0) is 43.6 Å². The van der Waals surface area contributed by atoms with Crippen molar-refractivity contribution < 1.29 is 3.89 Å². The van der Waals surface area contributed by atoms with Gasteiger partial charge < -0.3 is 0 Å². The van der Waals surface area contributed by atoms with Crippen LogP contribution in [0.5, 0.6) is 0 Å². The predicted octanol–water partition coefficient (Wildman–Crippen LogP) is 4.44. The molecule has 0 aliphatic carbocycles. The van der Waals surface area contributed by atoms with E-state index in [1.54, 1.807) is 16.5 Å². The van der Waals surface area contributed by atoms with E-state index in [-0.39, 0.29) is 0 Å². The van der Waals surface area contributed by atoms with Crippen LogP contribution in [0.25, 0.3) is 0 Å². The molecule has 0 aliphatic heterocycles. The van der Waals surface area contributed by atoms with E-state index in [9.17, 15) is 0 Å². The monoisotopic (exact) mass is 257 g/mol. The predicted molar refractivity (Wildman–Crippen MR) is 78.5 cm³/mol. The van der Waals surface area contributed by atoms with Crippen molar-refractivity contribution in [1.82, 2.24) is 4.31 Å². The van der Waals surface area contributed by atoms with E-state index in [1.165, 1.54) is 0 Å². The van der Waals surface area contributed by atoms with Crippen LogP contribution in [0, 0.1) is 12.3 Å². The minimum atomic E-state index is -2.31. The molecule has 0 saturated heterocycles. The number of terminal acetylenes is 1. The standard InChI is InChI=1S/C14H24FNS/c1-6-9-11-12-14(8-3)17(15,16(4)5)13-10-7-2/h1,9,11-12H,7-8,10,13H2,2-5H3/b11-9-,14-12+. The molecule has 0 amide bonds. The first-order valence-corrected chi connectivity index (χ1v) is 7.68. The van der Waals surface area contributed by atoms with E-state index in [0.717, 1.165) is 24.2 Å². The molecule has 0 aromatic carbocycles. The van der Waals surface area contributed by atoms with Crippen molar-refractivity contribution in [2.24, 2.45) is 0 Å². The first-order chi connectivity index (χ1) is 8.02. The minimum Gasteiger partial charge on any atom is -0.246 e. The molecule has 17 heavy (non-hydrogen) atoms. The molecule has 0 saturated carbocycles. The van der Waals surface area contributed by atoms with Crippen LogP contribution in [0.1, 0.15) is 33.1 Å². The number of unbranched alkanes of at least 4 members (excludes halogenated alkanes) is 1. The first kappa shape index (κ1) is 16.3. The molecule has 0 fully saturated rings. The highest BCUT2D eigenvalue weighted by Gasteiger charge is 2.28. The topological polar surface area (TPSA) is 3.24 Å². The van der Waals surface area contributed by atoms with Gasteiger partial charge >= 0.3 is 0 Å². The van der Waals surface area contributed by atoms with Gasteiger partial charge in [-0.25, -0.2) is 4.31 Å². The molecule has 0 aromatic rings. The maximum atomic E-state index is 15.0. The molecule has 0 aliphatic rings. The van der Waals surface area contributed by atoms with Gasteiger partial charge in [-0.3, -0.25) is 0 Å². The molecule has 3 heteroatoms.